The molecule has 0 amide bonds. The Morgan fingerprint density at radius 2 is 1.87 bits per heavy atom. The van der Waals surface area contributed by atoms with Crippen LogP contribution >= 0.6 is 10.6 Å². The lowest BCUT2D eigenvalue weighted by molar-refractivity contribution is -0.127. The van der Waals surface area contributed by atoms with Gasteiger partial charge in [0.05, 0.1) is 15.9 Å². The van der Waals surface area contributed by atoms with Crippen molar-refractivity contribution in [3.05, 3.63) is 41.3 Å². The smallest absolute Gasteiger partial charge is 0.332 e. The highest BCUT2D eigenvalue weighted by Gasteiger charge is 2.42. The molecule has 2 aliphatic heterocycles. The number of carbonyl (C=O) groups is 2. The summed E-state index contributed by atoms with van der Waals surface area (Å²) in [6, 6.07) is 6.95. The molecule has 0 fully saturated rings. The second-order valence-corrected chi connectivity index (χ2v) is 5.25. The molecular formula is C10H6O4S. The molecule has 5 heteroatoms. The Labute approximate surface area is 87.2 Å². The molecule has 3 rings (SSSR count). The predicted molar refractivity (Wildman–Crippen MR) is 52.9 cm³/mol. The molecular weight excluding hydrogens is 216 g/mol. The Morgan fingerprint density at radius 3 is 2.60 bits per heavy atom. The molecule has 0 N–H and O–H groups in total. The van der Waals surface area contributed by atoms with Crippen molar-refractivity contribution in [3.8, 4) is 0 Å². The van der Waals surface area contributed by atoms with E-state index in [0.29, 0.717) is 10.5 Å². The number of carbonyl (C=O) groups excluding carboxylic acids is 2. The summed E-state index contributed by atoms with van der Waals surface area (Å²) < 4.78 is 10.3. The van der Waals surface area contributed by atoms with Crippen LogP contribution in [0.1, 0.15) is 10.4 Å². The van der Waals surface area contributed by atoms with Crippen molar-refractivity contribution in [2.45, 2.75) is 4.90 Å². The maximum atomic E-state index is 11.5. The predicted octanol–water partition coefficient (Wildman–Crippen LogP) is 1.92. The van der Waals surface area contributed by atoms with E-state index in [2.05, 4.69) is 0 Å². The number of hydrogen-bond acceptors (Lipinski definition) is 4. The lowest BCUT2D eigenvalue weighted by atomic mass is 10.2. The van der Waals surface area contributed by atoms with Gasteiger partial charge in [0, 0.05) is 6.08 Å². The molecule has 0 radical (unpaired) electrons. The van der Waals surface area contributed by atoms with Crippen molar-refractivity contribution in [3.63, 3.8) is 0 Å². The van der Waals surface area contributed by atoms with E-state index in [-0.39, 0.29) is 0 Å². The molecule has 0 saturated carbocycles. The van der Waals surface area contributed by atoms with Crippen LogP contribution in [0, 0.1) is 0 Å². The minimum absolute atomic E-state index is 0.431. The molecule has 1 spiro atoms. The van der Waals surface area contributed by atoms with Crippen LogP contribution in [0.4, 0.5) is 0 Å². The second kappa shape index (κ2) is 2.64. The summed E-state index contributed by atoms with van der Waals surface area (Å²) in [5.41, 5.74) is 0.479. The molecule has 2 aliphatic rings. The Morgan fingerprint density at radius 1 is 1.07 bits per heavy atom. The number of rotatable bonds is 0. The van der Waals surface area contributed by atoms with E-state index in [0.717, 1.165) is 0 Å². The number of benzene rings is 1. The molecule has 1 atom stereocenters. The van der Waals surface area contributed by atoms with Gasteiger partial charge in [-0.3, -0.25) is 0 Å². The monoisotopic (exact) mass is 222 g/mol. The minimum atomic E-state index is -2.26. The minimum Gasteiger partial charge on any atom is -0.332 e. The first-order chi connectivity index (χ1) is 7.21. The standard InChI is InChI=1S/C10H6O4S/c11-9-5-6-15(13-9)8-4-2-1-3-7(8)10(12)14-15/h1-6H. The Balaban J connectivity index is 2.21. The summed E-state index contributed by atoms with van der Waals surface area (Å²) in [6.45, 7) is 0. The molecule has 1 aromatic rings. The molecule has 2 heterocycles. The van der Waals surface area contributed by atoms with Gasteiger partial charge in [-0.05, 0) is 12.1 Å². The molecule has 0 aliphatic carbocycles. The highest BCUT2D eigenvalue weighted by Crippen LogP contribution is 2.66. The van der Waals surface area contributed by atoms with Gasteiger partial charge in [0.2, 0.25) is 0 Å². The first-order valence-electron chi connectivity index (χ1n) is 4.29. The van der Waals surface area contributed by atoms with Crippen molar-refractivity contribution in [2.24, 2.45) is 0 Å². The van der Waals surface area contributed by atoms with Gasteiger partial charge in [0.1, 0.15) is 0 Å². The van der Waals surface area contributed by atoms with Crippen molar-refractivity contribution >= 4 is 22.5 Å². The topological polar surface area (TPSA) is 52.6 Å². The third-order valence-electron chi connectivity index (χ3n) is 2.20. The zero-order valence-corrected chi connectivity index (χ0v) is 8.32. The van der Waals surface area contributed by atoms with Gasteiger partial charge in [0.25, 0.3) is 0 Å². The van der Waals surface area contributed by atoms with Crippen LogP contribution < -0.4 is 0 Å². The zero-order valence-electron chi connectivity index (χ0n) is 7.51. The average Bonchev–Trinajstić information content (AvgIpc) is 2.72. The fourth-order valence-corrected chi connectivity index (χ4v) is 3.67. The highest BCUT2D eigenvalue weighted by atomic mass is 32.3. The van der Waals surface area contributed by atoms with Gasteiger partial charge >= 0.3 is 11.9 Å². The number of fused-ring (bicyclic) bond motifs is 2. The Bertz CT molecular complexity index is 508. The Kier molecular flexibility index (Phi) is 1.50. The molecule has 0 saturated heterocycles. The molecule has 1 aromatic carbocycles. The van der Waals surface area contributed by atoms with Gasteiger partial charge in [-0.2, -0.15) is 0 Å². The fraction of sp³-hybridized carbons (Fsp3) is 0. The van der Waals surface area contributed by atoms with Gasteiger partial charge in [-0.1, -0.05) is 22.7 Å². The van der Waals surface area contributed by atoms with Crippen LogP contribution in [0.5, 0.6) is 0 Å². The quantitative estimate of drug-likeness (QED) is 0.673. The third kappa shape index (κ3) is 1.04. The van der Waals surface area contributed by atoms with E-state index in [1.165, 1.54) is 6.08 Å². The average molecular weight is 222 g/mol. The summed E-state index contributed by atoms with van der Waals surface area (Å²) in [7, 11) is -2.26. The van der Waals surface area contributed by atoms with Gasteiger partial charge in [-0.15, -0.1) is 0 Å². The third-order valence-corrected chi connectivity index (χ3v) is 4.48. The van der Waals surface area contributed by atoms with Gasteiger partial charge < -0.3 is 8.37 Å². The second-order valence-electron chi connectivity index (χ2n) is 3.12. The van der Waals surface area contributed by atoms with E-state index in [4.69, 9.17) is 8.37 Å². The maximum Gasteiger partial charge on any atom is 0.363 e. The van der Waals surface area contributed by atoms with E-state index >= 15 is 0 Å². The summed E-state index contributed by atoms with van der Waals surface area (Å²) in [4.78, 5) is 23.2. The summed E-state index contributed by atoms with van der Waals surface area (Å²) in [5, 5.41) is 1.54. The van der Waals surface area contributed by atoms with E-state index in [9.17, 15) is 9.59 Å². The molecule has 15 heavy (non-hydrogen) atoms. The van der Waals surface area contributed by atoms with Crippen molar-refractivity contribution < 1.29 is 18.0 Å². The van der Waals surface area contributed by atoms with Crippen molar-refractivity contribution in [2.75, 3.05) is 0 Å². The van der Waals surface area contributed by atoms with Crippen LogP contribution in [0.25, 0.3) is 0 Å². The molecule has 1 unspecified atom stereocenters. The lowest BCUT2D eigenvalue weighted by Crippen LogP contribution is -2.01. The zero-order chi connectivity index (χ0) is 10.5. The first-order valence-corrected chi connectivity index (χ1v) is 5.84. The van der Waals surface area contributed by atoms with Crippen LogP contribution in [-0.4, -0.2) is 11.9 Å². The summed E-state index contributed by atoms with van der Waals surface area (Å²) in [5.74, 6) is -0.894. The molecule has 4 nitrogen and oxygen atoms in total. The summed E-state index contributed by atoms with van der Waals surface area (Å²) in [6.07, 6.45) is 1.30. The molecule has 0 bridgehead atoms. The largest absolute Gasteiger partial charge is 0.363 e. The van der Waals surface area contributed by atoms with Crippen molar-refractivity contribution in [1.29, 1.82) is 0 Å². The normalized spacial score (nSPS) is 30.9. The van der Waals surface area contributed by atoms with Gasteiger partial charge in [0.15, 0.2) is 0 Å². The van der Waals surface area contributed by atoms with Crippen LogP contribution in [-0.2, 0) is 13.2 Å². The van der Waals surface area contributed by atoms with Crippen LogP contribution in [0.15, 0.2) is 40.6 Å². The first kappa shape index (κ1) is 8.55. The van der Waals surface area contributed by atoms with Gasteiger partial charge in [-0.25, -0.2) is 9.59 Å². The number of hydrogen-bond donors (Lipinski definition) is 0. The Hall–Kier alpha value is -1.75. The van der Waals surface area contributed by atoms with Crippen LogP contribution in [0.2, 0.25) is 0 Å². The molecule has 76 valence electrons. The maximum absolute atomic E-state index is 11.5. The van der Waals surface area contributed by atoms with Crippen molar-refractivity contribution in [1.82, 2.24) is 0 Å². The van der Waals surface area contributed by atoms with Crippen LogP contribution in [0.3, 0.4) is 0 Å². The highest BCUT2D eigenvalue weighted by molar-refractivity contribution is 8.29. The SMILES string of the molecule is O=C1C=CS2(O1)OC(=O)c1ccccc12. The van der Waals surface area contributed by atoms with E-state index in [1.807, 2.05) is 0 Å². The van der Waals surface area contributed by atoms with E-state index < -0.39 is 22.5 Å². The summed E-state index contributed by atoms with van der Waals surface area (Å²) >= 11 is 0. The van der Waals surface area contributed by atoms with E-state index in [1.54, 1.807) is 29.7 Å². The lowest BCUT2D eigenvalue weighted by Gasteiger charge is -2.29. The molecule has 0 aromatic heterocycles. The fourth-order valence-electron chi connectivity index (χ4n) is 1.57.